The van der Waals surface area contributed by atoms with Crippen LogP contribution in [0, 0.1) is 11.3 Å². The van der Waals surface area contributed by atoms with E-state index in [1.54, 1.807) is 53.1 Å². The summed E-state index contributed by atoms with van der Waals surface area (Å²) in [6.07, 6.45) is 0. The Balaban J connectivity index is 1.82. The van der Waals surface area contributed by atoms with Crippen LogP contribution in [-0.2, 0) is 4.79 Å². The Labute approximate surface area is 169 Å². The number of nitrogen functional groups attached to an aromatic ring is 1. The van der Waals surface area contributed by atoms with Crippen LogP contribution >= 0.6 is 23.4 Å². The largest absolute Gasteiger partial charge is 0.385 e. The molecule has 0 saturated carbocycles. The standard InChI is InChI=1S/C19H14ClN5O2S/c20-13-5-7-14(8-6-13)25-16(22)9-17(26)24-19(25)28-11-18(27)23-15-4-2-1-3-12(15)10-21/h1-9H,11,22H2,(H,23,27). The predicted octanol–water partition coefficient (Wildman–Crippen LogP) is 3.07. The molecule has 0 unspecified atom stereocenters. The number of hydrogen-bond acceptors (Lipinski definition) is 6. The number of amides is 1. The number of carbonyl (C=O) groups is 1. The number of benzene rings is 2. The lowest BCUT2D eigenvalue weighted by Crippen LogP contribution is -2.19. The smallest absolute Gasteiger partial charge is 0.275 e. The zero-order chi connectivity index (χ0) is 20.1. The highest BCUT2D eigenvalue weighted by atomic mass is 35.5. The minimum Gasteiger partial charge on any atom is -0.385 e. The van der Waals surface area contributed by atoms with Gasteiger partial charge in [-0.15, -0.1) is 0 Å². The fourth-order valence-corrected chi connectivity index (χ4v) is 3.38. The van der Waals surface area contributed by atoms with Crippen LogP contribution in [0.25, 0.3) is 5.69 Å². The minimum atomic E-state index is -0.500. The fraction of sp³-hybridized carbons (Fsp3) is 0.0526. The van der Waals surface area contributed by atoms with Crippen LogP contribution < -0.4 is 16.6 Å². The fourth-order valence-electron chi connectivity index (χ4n) is 2.43. The average molecular weight is 412 g/mol. The van der Waals surface area contributed by atoms with Gasteiger partial charge in [0.25, 0.3) is 5.56 Å². The van der Waals surface area contributed by atoms with E-state index in [0.29, 0.717) is 22.0 Å². The highest BCUT2D eigenvalue weighted by Crippen LogP contribution is 2.24. The molecule has 0 radical (unpaired) electrons. The van der Waals surface area contributed by atoms with Gasteiger partial charge in [-0.25, -0.2) is 0 Å². The molecule has 1 amide bonds. The van der Waals surface area contributed by atoms with Crippen molar-refractivity contribution in [1.82, 2.24) is 9.55 Å². The lowest BCUT2D eigenvalue weighted by molar-refractivity contribution is -0.113. The molecule has 1 aromatic heterocycles. The number of nitrogens with one attached hydrogen (secondary N) is 1. The van der Waals surface area contributed by atoms with Gasteiger partial charge in [0, 0.05) is 16.8 Å². The molecule has 3 aromatic rings. The van der Waals surface area contributed by atoms with Crippen molar-refractivity contribution in [2.75, 3.05) is 16.8 Å². The summed E-state index contributed by atoms with van der Waals surface area (Å²) < 4.78 is 1.57. The second kappa shape index (κ2) is 8.61. The van der Waals surface area contributed by atoms with Crippen molar-refractivity contribution in [2.45, 2.75) is 5.16 Å². The highest BCUT2D eigenvalue weighted by Gasteiger charge is 2.13. The third kappa shape index (κ3) is 4.52. The Morgan fingerprint density at radius 3 is 2.68 bits per heavy atom. The summed E-state index contributed by atoms with van der Waals surface area (Å²) in [6, 6.07) is 16.8. The summed E-state index contributed by atoms with van der Waals surface area (Å²) in [7, 11) is 0. The second-order valence-electron chi connectivity index (χ2n) is 5.61. The maximum absolute atomic E-state index is 12.3. The van der Waals surface area contributed by atoms with Crippen LogP contribution in [0.1, 0.15) is 5.56 Å². The summed E-state index contributed by atoms with van der Waals surface area (Å²) in [5, 5.41) is 12.6. The zero-order valence-electron chi connectivity index (χ0n) is 14.4. The summed E-state index contributed by atoms with van der Waals surface area (Å²) in [4.78, 5) is 28.1. The molecule has 28 heavy (non-hydrogen) atoms. The average Bonchev–Trinajstić information content (AvgIpc) is 2.67. The molecule has 3 N–H and O–H groups in total. The Bertz CT molecular complexity index is 1120. The van der Waals surface area contributed by atoms with Crippen molar-refractivity contribution in [1.29, 1.82) is 5.26 Å². The number of carbonyl (C=O) groups excluding carboxylic acids is 1. The Hall–Kier alpha value is -3.28. The lowest BCUT2D eigenvalue weighted by Gasteiger charge is -2.15. The number of nitriles is 1. The topological polar surface area (TPSA) is 114 Å². The third-order valence-corrected chi connectivity index (χ3v) is 4.86. The van der Waals surface area contributed by atoms with Crippen LogP contribution in [0.4, 0.5) is 11.5 Å². The molecule has 7 nitrogen and oxygen atoms in total. The van der Waals surface area contributed by atoms with Crippen molar-refractivity contribution in [3.8, 4) is 11.8 Å². The van der Waals surface area contributed by atoms with E-state index in [1.165, 1.54) is 6.07 Å². The monoisotopic (exact) mass is 411 g/mol. The molecule has 1 heterocycles. The van der Waals surface area contributed by atoms with E-state index in [2.05, 4.69) is 10.3 Å². The summed E-state index contributed by atoms with van der Waals surface area (Å²) in [5.41, 5.74) is 6.94. The number of rotatable bonds is 5. The molecule has 0 spiro atoms. The minimum absolute atomic E-state index is 0.0246. The molecule has 3 rings (SSSR count). The number of hydrogen-bond donors (Lipinski definition) is 2. The van der Waals surface area contributed by atoms with E-state index in [-0.39, 0.29) is 22.6 Å². The van der Waals surface area contributed by atoms with Gasteiger partial charge in [-0.05, 0) is 36.4 Å². The molecule has 0 saturated heterocycles. The maximum atomic E-state index is 12.3. The van der Waals surface area contributed by atoms with Crippen LogP contribution in [0.2, 0.25) is 5.02 Å². The van der Waals surface area contributed by atoms with Gasteiger partial charge in [0.2, 0.25) is 5.91 Å². The van der Waals surface area contributed by atoms with Gasteiger partial charge in [-0.3, -0.25) is 14.2 Å². The third-order valence-electron chi connectivity index (χ3n) is 3.67. The van der Waals surface area contributed by atoms with Gasteiger partial charge in [0.15, 0.2) is 5.16 Å². The second-order valence-corrected chi connectivity index (χ2v) is 6.99. The Morgan fingerprint density at radius 2 is 1.96 bits per heavy atom. The summed E-state index contributed by atoms with van der Waals surface area (Å²) >= 11 is 6.98. The van der Waals surface area contributed by atoms with Crippen molar-refractivity contribution in [3.05, 3.63) is 75.5 Å². The number of para-hydroxylation sites is 1. The van der Waals surface area contributed by atoms with Crippen molar-refractivity contribution < 1.29 is 4.79 Å². The Kier molecular flexibility index (Phi) is 5.99. The van der Waals surface area contributed by atoms with Gasteiger partial charge in [-0.2, -0.15) is 10.2 Å². The number of aromatic nitrogens is 2. The molecule has 0 aliphatic carbocycles. The SMILES string of the molecule is N#Cc1ccccc1NC(=O)CSc1nc(=O)cc(N)n1-c1ccc(Cl)cc1. The molecule has 9 heteroatoms. The van der Waals surface area contributed by atoms with Gasteiger partial charge in [0.05, 0.1) is 17.0 Å². The lowest BCUT2D eigenvalue weighted by atomic mass is 10.2. The van der Waals surface area contributed by atoms with Crippen molar-refractivity contribution in [3.63, 3.8) is 0 Å². The number of halogens is 1. The molecule has 0 atom stereocenters. The normalized spacial score (nSPS) is 10.3. The number of nitrogens with two attached hydrogens (primary N) is 1. The van der Waals surface area contributed by atoms with Gasteiger partial charge in [0.1, 0.15) is 11.9 Å². The molecule has 0 aliphatic heterocycles. The van der Waals surface area contributed by atoms with Crippen LogP contribution in [0.15, 0.2) is 64.5 Å². The molecular formula is C19H14ClN5O2S. The number of anilines is 2. The number of nitrogens with zero attached hydrogens (tertiary/aromatic N) is 3. The van der Waals surface area contributed by atoms with E-state index in [9.17, 15) is 9.59 Å². The molecule has 0 fully saturated rings. The maximum Gasteiger partial charge on any atom is 0.275 e. The van der Waals surface area contributed by atoms with Crippen molar-refractivity contribution >= 4 is 40.8 Å². The van der Waals surface area contributed by atoms with Gasteiger partial charge >= 0.3 is 0 Å². The van der Waals surface area contributed by atoms with Gasteiger partial charge in [-0.1, -0.05) is 35.5 Å². The molecule has 0 bridgehead atoms. The first-order valence-electron chi connectivity index (χ1n) is 8.05. The van der Waals surface area contributed by atoms with E-state index < -0.39 is 5.56 Å². The van der Waals surface area contributed by atoms with E-state index >= 15 is 0 Å². The Morgan fingerprint density at radius 1 is 1.25 bits per heavy atom. The van der Waals surface area contributed by atoms with Crippen molar-refractivity contribution in [2.24, 2.45) is 0 Å². The summed E-state index contributed by atoms with van der Waals surface area (Å²) in [5.74, 6) is -0.171. The zero-order valence-corrected chi connectivity index (χ0v) is 16.0. The van der Waals surface area contributed by atoms with E-state index in [4.69, 9.17) is 22.6 Å². The van der Waals surface area contributed by atoms with Crippen LogP contribution in [0.5, 0.6) is 0 Å². The quantitative estimate of drug-likeness (QED) is 0.492. The summed E-state index contributed by atoms with van der Waals surface area (Å²) in [6.45, 7) is 0. The van der Waals surface area contributed by atoms with Crippen LogP contribution in [0.3, 0.4) is 0 Å². The van der Waals surface area contributed by atoms with E-state index in [0.717, 1.165) is 11.8 Å². The molecule has 0 aliphatic rings. The van der Waals surface area contributed by atoms with Gasteiger partial charge < -0.3 is 11.1 Å². The molecule has 2 aromatic carbocycles. The first kappa shape index (κ1) is 19.5. The van der Waals surface area contributed by atoms with E-state index in [1.807, 2.05) is 6.07 Å². The molecular weight excluding hydrogens is 398 g/mol. The first-order chi connectivity index (χ1) is 13.5. The highest BCUT2D eigenvalue weighted by molar-refractivity contribution is 7.99. The predicted molar refractivity (Wildman–Crippen MR) is 110 cm³/mol. The number of thioether (sulfide) groups is 1. The van der Waals surface area contributed by atoms with Crippen LogP contribution in [-0.4, -0.2) is 21.2 Å². The first-order valence-corrected chi connectivity index (χ1v) is 9.41. The molecule has 140 valence electrons.